The molecule has 0 radical (unpaired) electrons. The van der Waals surface area contributed by atoms with Crippen molar-refractivity contribution in [2.75, 3.05) is 12.3 Å². The maximum atomic E-state index is 11.9. The summed E-state index contributed by atoms with van der Waals surface area (Å²) in [5.74, 6) is 0.860. The van der Waals surface area contributed by atoms with Gasteiger partial charge in [-0.2, -0.15) is 0 Å². The van der Waals surface area contributed by atoms with Crippen molar-refractivity contribution in [2.24, 2.45) is 5.41 Å². The van der Waals surface area contributed by atoms with Gasteiger partial charge < -0.3 is 10.5 Å². The minimum Gasteiger partial charge on any atom is -0.492 e. The fourth-order valence-electron chi connectivity index (χ4n) is 2.36. The Bertz CT molecular complexity index is 678. The minimum absolute atomic E-state index is 0.185. The molecule has 0 aliphatic rings. The fourth-order valence-corrected chi connectivity index (χ4v) is 2.36. The quantitative estimate of drug-likeness (QED) is 0.913. The number of nitrogen functional groups attached to an aromatic ring is 1. The monoisotopic (exact) mass is 286 g/mol. The first-order valence-electron chi connectivity index (χ1n) is 7.17. The van der Waals surface area contributed by atoms with Crippen molar-refractivity contribution in [3.63, 3.8) is 0 Å². The zero-order chi connectivity index (χ0) is 15.6. The first kappa shape index (κ1) is 15.3. The van der Waals surface area contributed by atoms with Crippen LogP contribution in [0, 0.1) is 12.3 Å². The Hall–Kier alpha value is -2.10. The van der Waals surface area contributed by atoms with Crippen molar-refractivity contribution in [1.82, 2.24) is 4.98 Å². The van der Waals surface area contributed by atoms with Crippen LogP contribution < -0.4 is 10.5 Å². The maximum Gasteiger partial charge on any atom is 0.141 e. The number of ether oxygens (including phenoxy) is 1. The molecule has 1 aromatic carbocycles. The fraction of sp³-hybridized carbons (Fsp3) is 0.412. The van der Waals surface area contributed by atoms with Gasteiger partial charge in [0.1, 0.15) is 18.1 Å². The normalized spacial score (nSPS) is 11.6. The van der Waals surface area contributed by atoms with Gasteiger partial charge in [0.05, 0.1) is 16.3 Å². The number of hydrogen-bond donors (Lipinski definition) is 1. The number of nitrogens with zero attached hydrogens (tertiary/aromatic N) is 1. The van der Waals surface area contributed by atoms with Crippen molar-refractivity contribution in [3.05, 3.63) is 30.0 Å². The maximum absolute atomic E-state index is 11.9. The van der Waals surface area contributed by atoms with E-state index >= 15 is 0 Å². The molecule has 0 atom stereocenters. The van der Waals surface area contributed by atoms with E-state index in [1.54, 1.807) is 0 Å². The van der Waals surface area contributed by atoms with Gasteiger partial charge in [-0.05, 0) is 39.0 Å². The number of benzene rings is 1. The Kier molecular flexibility index (Phi) is 4.16. The largest absolute Gasteiger partial charge is 0.492 e. The van der Waals surface area contributed by atoms with Crippen molar-refractivity contribution >= 4 is 22.4 Å². The summed E-state index contributed by atoms with van der Waals surface area (Å²) in [6, 6.07) is 7.49. The van der Waals surface area contributed by atoms with Gasteiger partial charge >= 0.3 is 0 Å². The summed E-state index contributed by atoms with van der Waals surface area (Å²) >= 11 is 0. The molecular formula is C17H22N2O2. The number of rotatable bonds is 5. The lowest BCUT2D eigenvalue weighted by molar-refractivity contribution is -0.128. The van der Waals surface area contributed by atoms with Gasteiger partial charge in [0.25, 0.3) is 0 Å². The van der Waals surface area contributed by atoms with Gasteiger partial charge in [-0.15, -0.1) is 0 Å². The molecule has 0 aliphatic carbocycles. The zero-order valence-corrected chi connectivity index (χ0v) is 13.1. The number of Topliss-reactive ketones (excluding diaryl/α,β-unsaturated/α-hetero) is 1. The highest BCUT2D eigenvalue weighted by molar-refractivity contribution is 5.95. The predicted octanol–water partition coefficient (Wildman–Crippen LogP) is 3.51. The first-order chi connectivity index (χ1) is 9.85. The molecule has 4 heteroatoms. The van der Waals surface area contributed by atoms with Crippen LogP contribution >= 0.6 is 0 Å². The molecule has 2 aromatic rings. The molecule has 2 N–H and O–H groups in total. The van der Waals surface area contributed by atoms with E-state index in [0.717, 1.165) is 16.6 Å². The highest BCUT2D eigenvalue weighted by Crippen LogP contribution is 2.31. The van der Waals surface area contributed by atoms with Crippen molar-refractivity contribution in [1.29, 1.82) is 0 Å². The minimum atomic E-state index is -0.510. The highest BCUT2D eigenvalue weighted by atomic mass is 16.5. The summed E-state index contributed by atoms with van der Waals surface area (Å²) < 4.78 is 5.89. The summed E-state index contributed by atoms with van der Waals surface area (Å²) in [6.45, 7) is 7.90. The van der Waals surface area contributed by atoms with Gasteiger partial charge in [-0.25, -0.2) is 0 Å². The molecule has 0 aliphatic heterocycles. The van der Waals surface area contributed by atoms with Crippen LogP contribution in [0.25, 0.3) is 10.9 Å². The van der Waals surface area contributed by atoms with Gasteiger partial charge in [0.15, 0.2) is 0 Å². The van der Waals surface area contributed by atoms with Crippen molar-refractivity contribution in [2.45, 2.75) is 34.1 Å². The van der Waals surface area contributed by atoms with Crippen LogP contribution in [-0.4, -0.2) is 17.4 Å². The Balaban J connectivity index is 2.33. The van der Waals surface area contributed by atoms with E-state index < -0.39 is 5.41 Å². The number of aromatic nitrogens is 1. The molecule has 0 saturated carbocycles. The Morgan fingerprint density at radius 2 is 2.10 bits per heavy atom. The Morgan fingerprint density at radius 1 is 1.38 bits per heavy atom. The SMILES string of the molecule is CCC(=O)C(C)(C)COc1cccc2nc(C)cc(N)c12. The second-order valence-electron chi connectivity index (χ2n) is 5.95. The van der Waals surface area contributed by atoms with Crippen LogP contribution in [0.1, 0.15) is 32.9 Å². The van der Waals surface area contributed by atoms with Crippen LogP contribution in [0.15, 0.2) is 24.3 Å². The summed E-state index contributed by atoms with van der Waals surface area (Å²) in [4.78, 5) is 16.4. The third-order valence-electron chi connectivity index (χ3n) is 3.62. The number of fused-ring (bicyclic) bond motifs is 1. The first-order valence-corrected chi connectivity index (χ1v) is 7.17. The Labute approximate surface area is 125 Å². The lowest BCUT2D eigenvalue weighted by Crippen LogP contribution is -2.30. The van der Waals surface area contributed by atoms with E-state index in [1.165, 1.54) is 0 Å². The molecule has 2 rings (SSSR count). The average molecular weight is 286 g/mol. The smallest absolute Gasteiger partial charge is 0.141 e. The van der Waals surface area contributed by atoms with E-state index in [2.05, 4.69) is 4.98 Å². The number of pyridine rings is 1. The van der Waals surface area contributed by atoms with E-state index in [1.807, 2.05) is 52.0 Å². The lowest BCUT2D eigenvalue weighted by atomic mass is 9.88. The van der Waals surface area contributed by atoms with E-state index in [-0.39, 0.29) is 5.78 Å². The molecule has 112 valence electrons. The molecule has 4 nitrogen and oxygen atoms in total. The number of hydrogen-bond acceptors (Lipinski definition) is 4. The standard InChI is InChI=1S/C17H22N2O2/c1-5-15(20)17(3,4)10-21-14-8-6-7-13-16(14)12(18)9-11(2)19-13/h6-9H,5,10H2,1-4H3,(H2,18,19). The van der Waals surface area contributed by atoms with Crippen LogP contribution in [0.3, 0.4) is 0 Å². The lowest BCUT2D eigenvalue weighted by Gasteiger charge is -2.23. The third kappa shape index (κ3) is 3.15. The van der Waals surface area contributed by atoms with Gasteiger partial charge in [0, 0.05) is 17.8 Å². The molecule has 0 fully saturated rings. The molecule has 0 amide bonds. The number of aryl methyl sites for hydroxylation is 1. The molecule has 0 bridgehead atoms. The second kappa shape index (κ2) is 5.72. The summed E-state index contributed by atoms with van der Waals surface area (Å²) in [5, 5.41) is 0.808. The third-order valence-corrected chi connectivity index (χ3v) is 3.62. The number of ketones is 1. The molecule has 1 heterocycles. The van der Waals surface area contributed by atoms with Crippen LogP contribution in [-0.2, 0) is 4.79 Å². The molecule has 21 heavy (non-hydrogen) atoms. The molecule has 0 saturated heterocycles. The highest BCUT2D eigenvalue weighted by Gasteiger charge is 2.27. The summed E-state index contributed by atoms with van der Waals surface area (Å²) in [5.41, 5.74) is 7.92. The second-order valence-corrected chi connectivity index (χ2v) is 5.95. The predicted molar refractivity (Wildman–Crippen MR) is 85.5 cm³/mol. The average Bonchev–Trinajstić information content (AvgIpc) is 2.43. The number of carbonyl (C=O) groups is 1. The van der Waals surface area contributed by atoms with Crippen molar-refractivity contribution in [3.8, 4) is 5.75 Å². The zero-order valence-electron chi connectivity index (χ0n) is 13.1. The van der Waals surface area contributed by atoms with Gasteiger partial charge in [0.2, 0.25) is 0 Å². The summed E-state index contributed by atoms with van der Waals surface area (Å²) in [6.07, 6.45) is 0.509. The topological polar surface area (TPSA) is 65.2 Å². The van der Waals surface area contributed by atoms with Gasteiger partial charge in [-0.1, -0.05) is 13.0 Å². The number of anilines is 1. The molecule has 1 aromatic heterocycles. The van der Waals surface area contributed by atoms with E-state index in [9.17, 15) is 4.79 Å². The van der Waals surface area contributed by atoms with Crippen molar-refractivity contribution < 1.29 is 9.53 Å². The number of carbonyl (C=O) groups excluding carboxylic acids is 1. The van der Waals surface area contributed by atoms with Crippen LogP contribution in [0.4, 0.5) is 5.69 Å². The molecule has 0 spiro atoms. The number of nitrogens with two attached hydrogens (primary N) is 1. The summed E-state index contributed by atoms with van der Waals surface area (Å²) in [7, 11) is 0. The van der Waals surface area contributed by atoms with Crippen LogP contribution in [0.5, 0.6) is 5.75 Å². The van der Waals surface area contributed by atoms with Crippen LogP contribution in [0.2, 0.25) is 0 Å². The molecular weight excluding hydrogens is 264 g/mol. The van der Waals surface area contributed by atoms with E-state index in [0.29, 0.717) is 24.5 Å². The Morgan fingerprint density at radius 3 is 2.76 bits per heavy atom. The van der Waals surface area contributed by atoms with Gasteiger partial charge in [-0.3, -0.25) is 9.78 Å². The molecule has 0 unspecified atom stereocenters. The van der Waals surface area contributed by atoms with E-state index in [4.69, 9.17) is 10.5 Å².